The summed E-state index contributed by atoms with van der Waals surface area (Å²) >= 11 is 0. The summed E-state index contributed by atoms with van der Waals surface area (Å²) in [5.74, 6) is 1.06. The minimum absolute atomic E-state index is 0.202. The third-order valence-corrected chi connectivity index (χ3v) is 3.93. The lowest BCUT2D eigenvalue weighted by Gasteiger charge is -2.23. The Hall–Kier alpha value is -1.61. The Morgan fingerprint density at radius 1 is 1.19 bits per heavy atom. The number of hydrogen-bond donors (Lipinski definition) is 1. The minimum Gasteiger partial charge on any atom is -0.333 e. The summed E-state index contributed by atoms with van der Waals surface area (Å²) in [6.07, 6.45) is 3.91. The van der Waals surface area contributed by atoms with Gasteiger partial charge in [0.25, 0.3) is 0 Å². The third-order valence-electron chi connectivity index (χ3n) is 3.93. The molecule has 0 bridgehead atoms. The molecule has 1 N–H and O–H groups in total. The molecule has 0 amide bonds. The monoisotopic (exact) mass is 285 g/mol. The van der Waals surface area contributed by atoms with Gasteiger partial charge in [0, 0.05) is 18.9 Å². The molecule has 0 spiro atoms. The van der Waals surface area contributed by atoms with Crippen molar-refractivity contribution in [1.29, 1.82) is 0 Å². The smallest absolute Gasteiger partial charge is 0.105 e. The second kappa shape index (κ2) is 6.44. The number of benzene rings is 1. The van der Waals surface area contributed by atoms with Crippen molar-refractivity contribution in [2.75, 3.05) is 6.54 Å². The van der Waals surface area contributed by atoms with Crippen LogP contribution in [-0.2, 0) is 12.0 Å². The summed E-state index contributed by atoms with van der Waals surface area (Å²) in [5.41, 5.74) is 2.91. The van der Waals surface area contributed by atoms with Crippen molar-refractivity contribution in [3.8, 4) is 0 Å². The van der Waals surface area contributed by atoms with Crippen LogP contribution in [0.5, 0.6) is 0 Å². The van der Waals surface area contributed by atoms with Crippen LogP contribution in [0, 0.1) is 6.92 Å². The second-order valence-electron chi connectivity index (χ2n) is 6.61. The predicted octanol–water partition coefficient (Wildman–Crippen LogP) is 3.84. The van der Waals surface area contributed by atoms with Gasteiger partial charge < -0.3 is 9.88 Å². The lowest BCUT2D eigenvalue weighted by Crippen LogP contribution is -2.25. The van der Waals surface area contributed by atoms with Crippen LogP contribution in [0.4, 0.5) is 0 Å². The molecule has 0 aliphatic heterocycles. The fourth-order valence-electron chi connectivity index (χ4n) is 2.54. The van der Waals surface area contributed by atoms with E-state index in [9.17, 15) is 0 Å². The number of hydrogen-bond acceptors (Lipinski definition) is 2. The number of nitrogens with one attached hydrogen (secondary N) is 1. The maximum Gasteiger partial charge on any atom is 0.105 e. The number of rotatable bonds is 5. The number of likely N-dealkylation sites (N-methyl/N-ethyl adjacent to an activating group) is 1. The van der Waals surface area contributed by atoms with Crippen molar-refractivity contribution in [2.45, 2.75) is 52.6 Å². The fraction of sp³-hybridized carbons (Fsp3) is 0.500. The lowest BCUT2D eigenvalue weighted by atomic mass is 9.86. The molecule has 1 aromatic carbocycles. The zero-order valence-electron chi connectivity index (χ0n) is 13.9. The topological polar surface area (TPSA) is 29.9 Å². The fourth-order valence-corrected chi connectivity index (χ4v) is 2.54. The Balaban J connectivity index is 2.20. The van der Waals surface area contributed by atoms with E-state index in [0.717, 1.165) is 18.9 Å². The first-order valence-corrected chi connectivity index (χ1v) is 7.73. The Morgan fingerprint density at radius 3 is 2.33 bits per heavy atom. The van der Waals surface area contributed by atoms with E-state index < -0.39 is 0 Å². The van der Waals surface area contributed by atoms with Gasteiger partial charge >= 0.3 is 0 Å². The molecular weight excluding hydrogens is 258 g/mol. The molecule has 3 heteroatoms. The number of aryl methyl sites for hydroxylation is 1. The highest BCUT2D eigenvalue weighted by atomic mass is 15.1. The summed E-state index contributed by atoms with van der Waals surface area (Å²) in [6.45, 7) is 12.8. The average Bonchev–Trinajstić information content (AvgIpc) is 2.83. The molecular formula is C18H27N3. The van der Waals surface area contributed by atoms with Crippen LogP contribution >= 0.6 is 0 Å². The van der Waals surface area contributed by atoms with Crippen molar-refractivity contribution in [3.05, 3.63) is 53.6 Å². The molecule has 114 valence electrons. The van der Waals surface area contributed by atoms with Crippen LogP contribution in [-0.4, -0.2) is 16.1 Å². The zero-order valence-corrected chi connectivity index (χ0v) is 13.9. The average molecular weight is 285 g/mol. The summed E-state index contributed by atoms with van der Waals surface area (Å²) < 4.78 is 2.20. The van der Waals surface area contributed by atoms with E-state index in [1.54, 1.807) is 0 Å². The molecule has 0 radical (unpaired) electrons. The van der Waals surface area contributed by atoms with Gasteiger partial charge in [-0.3, -0.25) is 0 Å². The van der Waals surface area contributed by atoms with Gasteiger partial charge in [-0.2, -0.15) is 0 Å². The Bertz CT molecular complexity index is 561. The minimum atomic E-state index is 0.202. The van der Waals surface area contributed by atoms with Gasteiger partial charge in [-0.05, 0) is 30.0 Å². The Kier molecular flexibility index (Phi) is 4.84. The quantitative estimate of drug-likeness (QED) is 0.904. The van der Waals surface area contributed by atoms with Crippen LogP contribution in [0.3, 0.4) is 0 Å². The number of aromatic nitrogens is 2. The third kappa shape index (κ3) is 3.94. The molecule has 21 heavy (non-hydrogen) atoms. The summed E-state index contributed by atoms with van der Waals surface area (Å²) in [4.78, 5) is 4.31. The summed E-state index contributed by atoms with van der Waals surface area (Å²) in [6, 6.07) is 9.32. The Morgan fingerprint density at radius 2 is 1.86 bits per heavy atom. The molecule has 0 aliphatic rings. The van der Waals surface area contributed by atoms with Crippen LogP contribution in [0.2, 0.25) is 0 Å². The van der Waals surface area contributed by atoms with Crippen LogP contribution in [0.25, 0.3) is 0 Å². The molecule has 0 fully saturated rings. The largest absolute Gasteiger partial charge is 0.333 e. The van der Waals surface area contributed by atoms with Gasteiger partial charge in [0.05, 0.1) is 6.04 Å². The highest BCUT2D eigenvalue weighted by Crippen LogP contribution is 2.24. The van der Waals surface area contributed by atoms with E-state index in [0.29, 0.717) is 6.04 Å². The molecule has 2 aromatic rings. The highest BCUT2D eigenvalue weighted by molar-refractivity contribution is 5.29. The molecule has 0 saturated carbocycles. The first kappa shape index (κ1) is 15.8. The van der Waals surface area contributed by atoms with E-state index in [2.05, 4.69) is 66.8 Å². The van der Waals surface area contributed by atoms with Crippen molar-refractivity contribution in [1.82, 2.24) is 14.9 Å². The lowest BCUT2D eigenvalue weighted by molar-refractivity contribution is 0.468. The maximum atomic E-state index is 4.31. The molecule has 2 rings (SSSR count). The van der Waals surface area contributed by atoms with Crippen molar-refractivity contribution in [2.24, 2.45) is 0 Å². The molecule has 0 aliphatic carbocycles. The van der Waals surface area contributed by atoms with E-state index in [-0.39, 0.29) is 5.41 Å². The van der Waals surface area contributed by atoms with Gasteiger partial charge in [0.2, 0.25) is 0 Å². The van der Waals surface area contributed by atoms with Crippen molar-refractivity contribution < 1.29 is 0 Å². The normalized spacial score (nSPS) is 13.4. The molecule has 1 atom stereocenters. The molecule has 1 heterocycles. The SMILES string of the molecule is CCNC(Cn1ccnc1C)c1ccc(C(C)(C)C)cc1. The highest BCUT2D eigenvalue weighted by Gasteiger charge is 2.16. The first-order chi connectivity index (χ1) is 9.91. The van der Waals surface area contributed by atoms with Gasteiger partial charge in [-0.1, -0.05) is 52.0 Å². The van der Waals surface area contributed by atoms with Crippen LogP contribution in [0.15, 0.2) is 36.7 Å². The predicted molar refractivity (Wildman–Crippen MR) is 88.5 cm³/mol. The summed E-state index contributed by atoms with van der Waals surface area (Å²) in [7, 11) is 0. The Labute approximate surface area is 128 Å². The van der Waals surface area contributed by atoms with Crippen molar-refractivity contribution in [3.63, 3.8) is 0 Å². The van der Waals surface area contributed by atoms with Crippen molar-refractivity contribution >= 4 is 0 Å². The zero-order chi connectivity index (χ0) is 15.5. The van der Waals surface area contributed by atoms with Gasteiger partial charge in [-0.15, -0.1) is 0 Å². The number of nitrogens with zero attached hydrogens (tertiary/aromatic N) is 2. The standard InChI is InChI=1S/C18H27N3/c1-6-19-17(13-21-12-11-20-14(21)2)15-7-9-16(10-8-15)18(3,4)5/h7-12,17,19H,6,13H2,1-5H3. The van der Waals surface area contributed by atoms with Gasteiger partial charge in [0.1, 0.15) is 5.82 Å². The second-order valence-corrected chi connectivity index (χ2v) is 6.61. The van der Waals surface area contributed by atoms with Crippen LogP contribution in [0.1, 0.15) is 50.7 Å². The van der Waals surface area contributed by atoms with E-state index >= 15 is 0 Å². The van der Waals surface area contributed by atoms with Gasteiger partial charge in [0.15, 0.2) is 0 Å². The molecule has 3 nitrogen and oxygen atoms in total. The van der Waals surface area contributed by atoms with E-state index in [4.69, 9.17) is 0 Å². The molecule has 0 saturated heterocycles. The van der Waals surface area contributed by atoms with E-state index in [1.807, 2.05) is 19.3 Å². The van der Waals surface area contributed by atoms with Crippen LogP contribution < -0.4 is 5.32 Å². The maximum absolute atomic E-state index is 4.31. The molecule has 1 unspecified atom stereocenters. The van der Waals surface area contributed by atoms with E-state index in [1.165, 1.54) is 11.1 Å². The summed E-state index contributed by atoms with van der Waals surface area (Å²) in [5, 5.41) is 3.57. The molecule has 1 aromatic heterocycles. The first-order valence-electron chi connectivity index (χ1n) is 7.73. The number of imidazole rings is 1. The van der Waals surface area contributed by atoms with Gasteiger partial charge in [-0.25, -0.2) is 4.98 Å².